The van der Waals surface area contributed by atoms with E-state index in [4.69, 9.17) is 0 Å². The van der Waals surface area contributed by atoms with Crippen LogP contribution >= 0.6 is 12.4 Å². The van der Waals surface area contributed by atoms with Crippen molar-refractivity contribution < 1.29 is 18.0 Å². The minimum atomic E-state index is -1.10. The molecule has 2 saturated heterocycles. The molecule has 25 heavy (non-hydrogen) atoms. The Labute approximate surface area is 152 Å². The number of Topliss-reactive ketones (excluding diaryl/α,β-unsaturated/α-hetero) is 1. The highest BCUT2D eigenvalue weighted by atomic mass is 35.5. The second-order valence-corrected chi connectivity index (χ2v) is 6.90. The zero-order valence-electron chi connectivity index (χ0n) is 14.1. The third kappa shape index (κ3) is 4.96. The molecule has 3 nitrogen and oxygen atoms in total. The third-order valence-corrected chi connectivity index (χ3v) is 5.13. The van der Waals surface area contributed by atoms with Crippen molar-refractivity contribution in [3.63, 3.8) is 0 Å². The molecule has 0 radical (unpaired) electrons. The van der Waals surface area contributed by atoms with Crippen LogP contribution in [-0.4, -0.2) is 43.4 Å². The average Bonchev–Trinajstić information content (AvgIpc) is 2.55. The predicted molar refractivity (Wildman–Crippen MR) is 92.7 cm³/mol. The number of halogens is 4. The molecule has 0 bridgehead atoms. The first-order valence-corrected chi connectivity index (χ1v) is 8.66. The molecule has 0 aliphatic carbocycles. The summed E-state index contributed by atoms with van der Waals surface area (Å²) in [4.78, 5) is 14.8. The number of hydrogen-bond donors (Lipinski definition) is 1. The van der Waals surface area contributed by atoms with Gasteiger partial charge in [0.2, 0.25) is 0 Å². The minimum Gasteiger partial charge on any atom is -0.316 e. The van der Waals surface area contributed by atoms with Gasteiger partial charge >= 0.3 is 0 Å². The van der Waals surface area contributed by atoms with Crippen LogP contribution in [-0.2, 0) is 0 Å². The highest BCUT2D eigenvalue weighted by molar-refractivity contribution is 5.98. The SMILES string of the molecule is Cl.O=C(c1c(F)cc(F)cc1F)C1CCN(CC2CCCNC2)CC1. The van der Waals surface area contributed by atoms with Crippen LogP contribution < -0.4 is 5.32 Å². The molecule has 0 saturated carbocycles. The van der Waals surface area contributed by atoms with Gasteiger partial charge in [-0.3, -0.25) is 4.79 Å². The fourth-order valence-corrected chi connectivity index (χ4v) is 3.80. The van der Waals surface area contributed by atoms with Crippen molar-refractivity contribution in [2.24, 2.45) is 11.8 Å². The highest BCUT2D eigenvalue weighted by Crippen LogP contribution is 2.26. The fourth-order valence-electron chi connectivity index (χ4n) is 3.80. The van der Waals surface area contributed by atoms with Gasteiger partial charge in [0.25, 0.3) is 0 Å². The first kappa shape index (κ1) is 20.2. The number of carbonyl (C=O) groups is 1. The van der Waals surface area contributed by atoms with E-state index in [1.807, 2.05) is 0 Å². The van der Waals surface area contributed by atoms with Gasteiger partial charge in [0, 0.05) is 24.6 Å². The lowest BCUT2D eigenvalue weighted by atomic mass is 9.87. The number of likely N-dealkylation sites (tertiary alicyclic amines) is 1. The summed E-state index contributed by atoms with van der Waals surface area (Å²) in [6, 6.07) is 1.14. The van der Waals surface area contributed by atoms with Crippen LogP contribution in [0.1, 0.15) is 36.0 Å². The molecule has 3 rings (SSSR count). The molecular formula is C18H24ClF3N2O. The van der Waals surface area contributed by atoms with Crippen LogP contribution in [0.25, 0.3) is 0 Å². The molecule has 7 heteroatoms. The van der Waals surface area contributed by atoms with Gasteiger partial charge in [-0.15, -0.1) is 12.4 Å². The molecule has 1 atom stereocenters. The van der Waals surface area contributed by atoms with E-state index in [9.17, 15) is 18.0 Å². The van der Waals surface area contributed by atoms with Crippen LogP contribution in [0.5, 0.6) is 0 Å². The lowest BCUT2D eigenvalue weighted by molar-refractivity contribution is 0.0812. The van der Waals surface area contributed by atoms with E-state index in [1.165, 1.54) is 12.8 Å². The van der Waals surface area contributed by atoms with E-state index in [-0.39, 0.29) is 18.3 Å². The van der Waals surface area contributed by atoms with Crippen LogP contribution in [0.3, 0.4) is 0 Å². The molecule has 1 N–H and O–H groups in total. The molecule has 1 aromatic carbocycles. The second-order valence-electron chi connectivity index (χ2n) is 6.90. The number of rotatable bonds is 4. The van der Waals surface area contributed by atoms with Crippen LogP contribution in [0.4, 0.5) is 13.2 Å². The molecule has 1 unspecified atom stereocenters. The lowest BCUT2D eigenvalue weighted by Crippen LogP contribution is -2.42. The summed E-state index contributed by atoms with van der Waals surface area (Å²) in [6.45, 7) is 4.65. The van der Waals surface area contributed by atoms with Gasteiger partial charge in [-0.25, -0.2) is 13.2 Å². The number of hydrogen-bond acceptors (Lipinski definition) is 3. The quantitative estimate of drug-likeness (QED) is 0.817. The Morgan fingerprint density at radius 2 is 1.76 bits per heavy atom. The Morgan fingerprint density at radius 3 is 2.32 bits per heavy atom. The summed E-state index contributed by atoms with van der Waals surface area (Å²) in [7, 11) is 0. The van der Waals surface area contributed by atoms with Crippen LogP contribution in [0.15, 0.2) is 12.1 Å². The molecule has 2 fully saturated rings. The Morgan fingerprint density at radius 1 is 1.12 bits per heavy atom. The summed E-state index contributed by atoms with van der Waals surface area (Å²) in [6.07, 6.45) is 3.60. The normalized spacial score (nSPS) is 22.4. The van der Waals surface area contributed by atoms with Crippen molar-refractivity contribution in [1.82, 2.24) is 10.2 Å². The first-order valence-electron chi connectivity index (χ1n) is 8.66. The number of carbonyl (C=O) groups excluding carboxylic acids is 1. The summed E-state index contributed by atoms with van der Waals surface area (Å²) < 4.78 is 40.6. The van der Waals surface area contributed by atoms with Gasteiger partial charge in [0.05, 0.1) is 5.56 Å². The smallest absolute Gasteiger partial charge is 0.171 e. The number of nitrogens with zero attached hydrogens (tertiary/aromatic N) is 1. The zero-order valence-corrected chi connectivity index (χ0v) is 14.9. The molecule has 0 spiro atoms. The Hall–Kier alpha value is -1.11. The molecule has 0 aromatic heterocycles. The minimum absolute atomic E-state index is 0. The van der Waals surface area contributed by atoms with Gasteiger partial charge in [-0.05, 0) is 57.8 Å². The maximum atomic E-state index is 13.8. The molecule has 0 amide bonds. The Kier molecular flexibility index (Phi) is 7.28. The molecule has 2 aliphatic heterocycles. The number of ketones is 1. The van der Waals surface area contributed by atoms with Crippen LogP contribution in [0.2, 0.25) is 0 Å². The zero-order chi connectivity index (χ0) is 17.1. The van der Waals surface area contributed by atoms with Crippen molar-refractivity contribution in [2.45, 2.75) is 25.7 Å². The standard InChI is InChI=1S/C18H23F3N2O.ClH/c19-14-8-15(20)17(16(21)9-14)18(24)13-3-6-23(7-4-13)11-12-2-1-5-22-10-12;/h8-9,12-13,22H,1-7,10-11H2;1H. The number of nitrogens with one attached hydrogen (secondary N) is 1. The number of benzene rings is 1. The summed E-state index contributed by atoms with van der Waals surface area (Å²) in [5.41, 5.74) is -0.591. The van der Waals surface area contributed by atoms with Gasteiger partial charge in [0.15, 0.2) is 5.78 Å². The highest BCUT2D eigenvalue weighted by Gasteiger charge is 2.30. The summed E-state index contributed by atoms with van der Waals surface area (Å²) >= 11 is 0. The molecular weight excluding hydrogens is 353 g/mol. The summed E-state index contributed by atoms with van der Waals surface area (Å²) in [5, 5.41) is 3.40. The van der Waals surface area contributed by atoms with Crippen molar-refractivity contribution >= 4 is 18.2 Å². The van der Waals surface area contributed by atoms with Crippen molar-refractivity contribution in [1.29, 1.82) is 0 Å². The van der Waals surface area contributed by atoms with Crippen molar-refractivity contribution in [3.8, 4) is 0 Å². The largest absolute Gasteiger partial charge is 0.316 e. The molecule has 140 valence electrons. The van der Waals surface area contributed by atoms with Gasteiger partial charge in [-0.1, -0.05) is 0 Å². The predicted octanol–water partition coefficient (Wildman–Crippen LogP) is 3.42. The first-order chi connectivity index (χ1) is 11.5. The fraction of sp³-hybridized carbons (Fsp3) is 0.611. The topological polar surface area (TPSA) is 32.3 Å². The van der Waals surface area contributed by atoms with E-state index >= 15 is 0 Å². The molecule has 2 heterocycles. The van der Waals surface area contributed by atoms with Gasteiger partial charge in [0.1, 0.15) is 17.5 Å². The van der Waals surface area contributed by atoms with E-state index < -0.39 is 28.8 Å². The summed E-state index contributed by atoms with van der Waals surface area (Å²) in [5.74, 6) is -3.50. The van der Waals surface area contributed by atoms with E-state index in [0.29, 0.717) is 30.9 Å². The second kappa shape index (κ2) is 9.01. The lowest BCUT2D eigenvalue weighted by Gasteiger charge is -2.35. The van der Waals surface area contributed by atoms with E-state index in [2.05, 4.69) is 10.2 Å². The average molecular weight is 377 g/mol. The van der Waals surface area contributed by atoms with Crippen molar-refractivity contribution in [2.75, 3.05) is 32.7 Å². The monoisotopic (exact) mass is 376 g/mol. The molecule has 1 aromatic rings. The number of piperidine rings is 2. The Bertz CT molecular complexity index is 577. The van der Waals surface area contributed by atoms with Gasteiger partial charge < -0.3 is 10.2 Å². The third-order valence-electron chi connectivity index (χ3n) is 5.13. The Balaban J connectivity index is 0.00000225. The molecule has 2 aliphatic rings. The van der Waals surface area contributed by atoms with Crippen LogP contribution in [0, 0.1) is 29.3 Å². The maximum absolute atomic E-state index is 13.8. The maximum Gasteiger partial charge on any atom is 0.171 e. The van der Waals surface area contributed by atoms with Crippen molar-refractivity contribution in [3.05, 3.63) is 35.1 Å². The van der Waals surface area contributed by atoms with Gasteiger partial charge in [-0.2, -0.15) is 0 Å². The van der Waals surface area contributed by atoms with E-state index in [1.54, 1.807) is 0 Å². The van der Waals surface area contributed by atoms with E-state index in [0.717, 1.165) is 32.7 Å².